The highest BCUT2D eigenvalue weighted by Gasteiger charge is 2.13. The fourth-order valence-electron chi connectivity index (χ4n) is 2.78. The van der Waals surface area contributed by atoms with Gasteiger partial charge in [0.15, 0.2) is 7.14 Å². The fraction of sp³-hybridized carbons (Fsp3) is 0.455. The Morgan fingerprint density at radius 2 is 1.17 bits per heavy atom. The predicted molar refractivity (Wildman–Crippen MR) is 96.6 cm³/mol. The van der Waals surface area contributed by atoms with Crippen LogP contribution >= 0.6 is 0 Å². The van der Waals surface area contributed by atoms with Crippen molar-refractivity contribution in [2.24, 2.45) is 0 Å². The van der Waals surface area contributed by atoms with E-state index in [1.54, 1.807) is 0 Å². The van der Waals surface area contributed by atoms with E-state index in [4.69, 9.17) is 0 Å². The van der Waals surface area contributed by atoms with Gasteiger partial charge in [-0.3, -0.25) is 0 Å². The number of unbranched alkanes of at least 4 members (excludes halogenated alkanes) is 7. The van der Waals surface area contributed by atoms with Crippen LogP contribution in [0.25, 0.3) is 0 Å². The molecule has 0 radical (unpaired) electrons. The third kappa shape index (κ3) is 8.01. The molecule has 0 amide bonds. The molecular formula is C22H30I+. The summed E-state index contributed by atoms with van der Waals surface area (Å²) in [6.45, 7) is 2.28. The number of hydrogen-bond donors (Lipinski definition) is 0. The summed E-state index contributed by atoms with van der Waals surface area (Å²) >= 11 is -0.0116. The van der Waals surface area contributed by atoms with Crippen molar-refractivity contribution in [1.29, 1.82) is 0 Å². The summed E-state index contributed by atoms with van der Waals surface area (Å²) in [4.78, 5) is 0. The van der Waals surface area contributed by atoms with Crippen molar-refractivity contribution in [2.45, 2.75) is 64.7 Å². The summed E-state index contributed by atoms with van der Waals surface area (Å²) in [6.07, 6.45) is 12.5. The van der Waals surface area contributed by atoms with E-state index in [0.717, 1.165) is 0 Å². The van der Waals surface area contributed by atoms with E-state index in [1.807, 2.05) is 0 Å². The van der Waals surface area contributed by atoms with Crippen molar-refractivity contribution in [3.05, 3.63) is 67.3 Å². The minimum absolute atomic E-state index is 0.0116. The average molecular weight is 421 g/mol. The molecule has 0 heterocycles. The van der Waals surface area contributed by atoms with Crippen LogP contribution < -0.4 is 21.2 Å². The minimum Gasteiger partial charge on any atom is -0.0654 e. The molecule has 2 aromatic rings. The van der Waals surface area contributed by atoms with E-state index < -0.39 is 0 Å². The molecule has 0 aliphatic heterocycles. The van der Waals surface area contributed by atoms with Gasteiger partial charge in [0.2, 0.25) is 0 Å². The molecule has 0 atom stereocenters. The van der Waals surface area contributed by atoms with Gasteiger partial charge < -0.3 is 0 Å². The Morgan fingerprint density at radius 3 is 1.83 bits per heavy atom. The summed E-state index contributed by atoms with van der Waals surface area (Å²) in [5, 5.41) is 0. The van der Waals surface area contributed by atoms with Crippen LogP contribution in [-0.4, -0.2) is 0 Å². The lowest BCUT2D eigenvalue weighted by atomic mass is 10.0. The Morgan fingerprint density at radius 1 is 0.609 bits per heavy atom. The number of rotatable bonds is 11. The maximum Gasteiger partial charge on any atom is 0.357 e. The zero-order valence-corrected chi connectivity index (χ0v) is 16.6. The van der Waals surface area contributed by atoms with Crippen molar-refractivity contribution in [1.82, 2.24) is 0 Å². The van der Waals surface area contributed by atoms with Gasteiger partial charge in [-0.2, -0.15) is 0 Å². The van der Waals surface area contributed by atoms with Gasteiger partial charge in [0, 0.05) is 0 Å². The number of halogens is 1. The molecule has 0 saturated carbocycles. The van der Waals surface area contributed by atoms with Crippen molar-refractivity contribution < 1.29 is 21.2 Å². The number of hydrogen-bond acceptors (Lipinski definition) is 0. The van der Waals surface area contributed by atoms with Gasteiger partial charge in [-0.25, -0.2) is 0 Å². The monoisotopic (exact) mass is 421 g/mol. The molecule has 0 unspecified atom stereocenters. The van der Waals surface area contributed by atoms with Crippen LogP contribution in [-0.2, 0) is 6.42 Å². The highest BCUT2D eigenvalue weighted by molar-refractivity contribution is 5.14. The van der Waals surface area contributed by atoms with Crippen LogP contribution in [0.4, 0.5) is 0 Å². The Bertz CT molecular complexity index is 515. The molecule has 0 spiro atoms. The third-order valence-electron chi connectivity index (χ3n) is 4.18. The van der Waals surface area contributed by atoms with Crippen LogP contribution in [0.5, 0.6) is 0 Å². The van der Waals surface area contributed by atoms with Gasteiger partial charge in [0.25, 0.3) is 0 Å². The summed E-state index contributed by atoms with van der Waals surface area (Å²) in [5.74, 6) is 0. The summed E-state index contributed by atoms with van der Waals surface area (Å²) in [5.41, 5.74) is 1.51. The lowest BCUT2D eigenvalue weighted by molar-refractivity contribution is -0.597. The van der Waals surface area contributed by atoms with E-state index in [9.17, 15) is 0 Å². The van der Waals surface area contributed by atoms with E-state index in [0.29, 0.717) is 0 Å². The van der Waals surface area contributed by atoms with Crippen LogP contribution in [0.1, 0.15) is 63.9 Å². The molecule has 0 aromatic heterocycles. The molecule has 124 valence electrons. The second kappa shape index (κ2) is 11.7. The van der Waals surface area contributed by atoms with Crippen LogP contribution in [0.3, 0.4) is 0 Å². The van der Waals surface area contributed by atoms with Gasteiger partial charge in [-0.15, -0.1) is 0 Å². The van der Waals surface area contributed by atoms with Gasteiger partial charge in [-0.1, -0.05) is 82.2 Å². The maximum absolute atomic E-state index is 2.35. The van der Waals surface area contributed by atoms with Gasteiger partial charge >= 0.3 is 21.2 Å². The van der Waals surface area contributed by atoms with Crippen molar-refractivity contribution in [3.63, 3.8) is 0 Å². The van der Waals surface area contributed by atoms with E-state index >= 15 is 0 Å². The van der Waals surface area contributed by atoms with Crippen molar-refractivity contribution in [2.75, 3.05) is 0 Å². The highest BCUT2D eigenvalue weighted by atomic mass is 127. The summed E-state index contributed by atoms with van der Waals surface area (Å²) in [7, 11) is 0. The quantitative estimate of drug-likeness (QED) is 0.385. The Balaban J connectivity index is 1.61. The zero-order valence-electron chi connectivity index (χ0n) is 14.4. The Labute approximate surface area is 153 Å². The number of benzene rings is 2. The molecule has 0 N–H and O–H groups in total. The van der Waals surface area contributed by atoms with Crippen LogP contribution in [0.2, 0.25) is 0 Å². The second-order valence-corrected chi connectivity index (χ2v) is 9.27. The maximum atomic E-state index is 2.35. The molecule has 1 heteroatoms. The van der Waals surface area contributed by atoms with Crippen molar-refractivity contribution >= 4 is 0 Å². The van der Waals surface area contributed by atoms with Crippen molar-refractivity contribution in [3.8, 4) is 0 Å². The molecule has 0 fully saturated rings. The molecule has 2 aromatic carbocycles. The Hall–Kier alpha value is -0.830. The molecule has 0 aliphatic rings. The smallest absolute Gasteiger partial charge is 0.0654 e. The first-order chi connectivity index (χ1) is 11.4. The SMILES string of the molecule is CCCCCCCCCCc1ccc([I+]c2ccccc2)cc1. The van der Waals surface area contributed by atoms with Gasteiger partial charge in [-0.05, 0) is 42.7 Å². The highest BCUT2D eigenvalue weighted by Crippen LogP contribution is 2.11. The van der Waals surface area contributed by atoms with Crippen LogP contribution in [0, 0.1) is 7.14 Å². The Kier molecular flexibility index (Phi) is 9.39. The normalized spacial score (nSPS) is 10.8. The average Bonchev–Trinajstić information content (AvgIpc) is 2.60. The first-order valence-electron chi connectivity index (χ1n) is 9.17. The molecular weight excluding hydrogens is 391 g/mol. The predicted octanol–water partition coefficient (Wildman–Crippen LogP) is 3.50. The molecule has 0 nitrogen and oxygen atoms in total. The molecule has 23 heavy (non-hydrogen) atoms. The first-order valence-corrected chi connectivity index (χ1v) is 11.3. The van der Waals surface area contributed by atoms with E-state index in [-0.39, 0.29) is 21.2 Å². The minimum atomic E-state index is -0.0116. The zero-order chi connectivity index (χ0) is 16.2. The summed E-state index contributed by atoms with van der Waals surface area (Å²) < 4.78 is 3.02. The van der Waals surface area contributed by atoms with Gasteiger partial charge in [0.1, 0.15) is 0 Å². The lowest BCUT2D eigenvalue weighted by Crippen LogP contribution is -3.61. The molecule has 0 bridgehead atoms. The van der Waals surface area contributed by atoms with Gasteiger partial charge in [0.05, 0.1) is 0 Å². The van der Waals surface area contributed by atoms with E-state index in [2.05, 4.69) is 61.5 Å². The van der Waals surface area contributed by atoms with E-state index in [1.165, 1.54) is 70.5 Å². The molecule has 0 saturated heterocycles. The number of aryl methyl sites for hydroxylation is 1. The fourth-order valence-corrected chi connectivity index (χ4v) is 4.99. The lowest BCUT2D eigenvalue weighted by Gasteiger charge is -2.02. The standard InChI is InChI=1S/C22H30I/c1-2-3-4-5-6-7-8-10-13-20-16-18-22(19-17-20)23-21-14-11-9-12-15-21/h9,11-12,14-19H,2-8,10,13H2,1H3/q+1. The second-order valence-electron chi connectivity index (χ2n) is 6.24. The topological polar surface area (TPSA) is 0 Å². The largest absolute Gasteiger partial charge is 0.357 e. The molecule has 0 aliphatic carbocycles. The first kappa shape index (κ1) is 18.5. The third-order valence-corrected chi connectivity index (χ3v) is 6.87. The molecule has 2 rings (SSSR count). The van der Waals surface area contributed by atoms with Crippen LogP contribution in [0.15, 0.2) is 54.6 Å². The summed E-state index contributed by atoms with van der Waals surface area (Å²) in [6, 6.07) is 20.3.